The Morgan fingerprint density at radius 2 is 1.48 bits per heavy atom. The summed E-state index contributed by atoms with van der Waals surface area (Å²) in [5.41, 5.74) is 5.62. The lowest BCUT2D eigenvalue weighted by Crippen LogP contribution is -1.79. The van der Waals surface area contributed by atoms with Crippen molar-refractivity contribution in [3.63, 3.8) is 0 Å². The molecule has 2 heterocycles. The molecule has 0 N–H and O–H groups in total. The van der Waals surface area contributed by atoms with E-state index in [2.05, 4.69) is 43.0 Å². The zero-order valence-electron chi connectivity index (χ0n) is 13.9. The highest BCUT2D eigenvalue weighted by Gasteiger charge is 2.15. The van der Waals surface area contributed by atoms with Crippen molar-refractivity contribution in [3.8, 4) is 0 Å². The van der Waals surface area contributed by atoms with Crippen LogP contribution in [0, 0.1) is 0 Å². The number of hydrogen-bond acceptors (Lipinski definition) is 2. The molecule has 0 aliphatic rings. The second-order valence-electron chi connectivity index (χ2n) is 6.18. The van der Waals surface area contributed by atoms with E-state index < -0.39 is 0 Å². The van der Waals surface area contributed by atoms with Gasteiger partial charge in [0.05, 0.1) is 0 Å². The van der Waals surface area contributed by atoms with Gasteiger partial charge in [-0.05, 0) is 48.4 Å². The molecule has 5 aromatic rings. The highest BCUT2D eigenvalue weighted by atomic mass is 16.4. The molecule has 0 amide bonds. The molecule has 0 aliphatic carbocycles. The molecule has 2 heteroatoms. The van der Waals surface area contributed by atoms with Gasteiger partial charge in [0, 0.05) is 21.5 Å². The average Bonchev–Trinajstić information content (AvgIpc) is 3.20. The number of allylic oxidation sites excluding steroid dienone is 3. The van der Waals surface area contributed by atoms with Crippen molar-refractivity contribution in [1.29, 1.82) is 0 Å². The summed E-state index contributed by atoms with van der Waals surface area (Å²) in [6, 6.07) is 18.6. The summed E-state index contributed by atoms with van der Waals surface area (Å²) in [5, 5.41) is 4.37. The second kappa shape index (κ2) is 5.12. The minimum atomic E-state index is 0.807. The number of furan rings is 2. The normalized spacial score (nSPS) is 12.6. The van der Waals surface area contributed by atoms with E-state index >= 15 is 0 Å². The first-order valence-electron chi connectivity index (χ1n) is 8.36. The van der Waals surface area contributed by atoms with E-state index in [0.717, 1.165) is 55.0 Å². The highest BCUT2D eigenvalue weighted by molar-refractivity contribution is 6.19. The number of fused-ring (bicyclic) bond motifs is 7. The fraction of sp³-hybridized carbons (Fsp3) is 0.0435. The summed E-state index contributed by atoms with van der Waals surface area (Å²) in [5.74, 6) is 0. The van der Waals surface area contributed by atoms with Crippen LogP contribution in [0.2, 0.25) is 0 Å². The van der Waals surface area contributed by atoms with Crippen molar-refractivity contribution < 1.29 is 8.83 Å². The Labute approximate surface area is 144 Å². The molecule has 3 aromatic carbocycles. The van der Waals surface area contributed by atoms with Crippen LogP contribution in [0.4, 0.5) is 0 Å². The predicted molar refractivity (Wildman–Crippen MR) is 105 cm³/mol. The molecule has 5 rings (SSSR count). The standard InChI is InChI=1S/C23H16O2/c1-3-14(4-2)15-9-12-21-19(13-15)18-11-10-17-16-7-5-6-8-20(16)24-22(17)23(18)25-21/h3-13H,1H2,2H3/b14-4+. The van der Waals surface area contributed by atoms with Crippen LogP contribution in [-0.2, 0) is 0 Å². The van der Waals surface area contributed by atoms with E-state index in [4.69, 9.17) is 8.83 Å². The largest absolute Gasteiger partial charge is 0.452 e. The zero-order chi connectivity index (χ0) is 17.0. The van der Waals surface area contributed by atoms with Gasteiger partial charge >= 0.3 is 0 Å². The minimum Gasteiger partial charge on any atom is -0.452 e. The maximum absolute atomic E-state index is 6.16. The van der Waals surface area contributed by atoms with E-state index in [-0.39, 0.29) is 0 Å². The Hall–Kier alpha value is -3.26. The van der Waals surface area contributed by atoms with Crippen molar-refractivity contribution in [1.82, 2.24) is 0 Å². The van der Waals surface area contributed by atoms with Gasteiger partial charge in [0.25, 0.3) is 0 Å². The van der Waals surface area contributed by atoms with Crippen molar-refractivity contribution in [2.75, 3.05) is 0 Å². The first-order valence-corrected chi connectivity index (χ1v) is 8.36. The summed E-state index contributed by atoms with van der Waals surface area (Å²) >= 11 is 0. The Morgan fingerprint density at radius 1 is 0.800 bits per heavy atom. The Bertz CT molecular complexity index is 1310. The average molecular weight is 324 g/mol. The topological polar surface area (TPSA) is 26.3 Å². The van der Waals surface area contributed by atoms with Gasteiger partial charge in [-0.3, -0.25) is 0 Å². The molecule has 2 aromatic heterocycles. The molecular weight excluding hydrogens is 308 g/mol. The molecule has 0 unspecified atom stereocenters. The SMILES string of the molecule is C=C/C(=C\C)c1ccc2oc3c(ccc4c5ccccc5oc43)c2c1. The van der Waals surface area contributed by atoms with E-state index in [1.165, 1.54) is 0 Å². The molecule has 0 saturated carbocycles. The van der Waals surface area contributed by atoms with E-state index in [1.807, 2.05) is 37.3 Å². The van der Waals surface area contributed by atoms with Crippen molar-refractivity contribution in [2.45, 2.75) is 6.92 Å². The minimum absolute atomic E-state index is 0.807. The summed E-state index contributed by atoms with van der Waals surface area (Å²) in [7, 11) is 0. The zero-order valence-corrected chi connectivity index (χ0v) is 13.9. The fourth-order valence-electron chi connectivity index (χ4n) is 3.60. The van der Waals surface area contributed by atoms with Gasteiger partial charge in [0.1, 0.15) is 11.2 Å². The molecule has 0 aliphatic heterocycles. The van der Waals surface area contributed by atoms with Crippen molar-refractivity contribution in [2.24, 2.45) is 0 Å². The summed E-state index contributed by atoms with van der Waals surface area (Å²) in [6.45, 7) is 5.92. The van der Waals surface area contributed by atoms with Gasteiger partial charge in [-0.15, -0.1) is 0 Å². The van der Waals surface area contributed by atoms with Crippen LogP contribution in [0.1, 0.15) is 12.5 Å². The third-order valence-corrected chi connectivity index (χ3v) is 4.85. The summed E-state index contributed by atoms with van der Waals surface area (Å²) in [4.78, 5) is 0. The maximum atomic E-state index is 6.16. The monoisotopic (exact) mass is 324 g/mol. The lowest BCUT2D eigenvalue weighted by molar-refractivity contribution is 0.633. The van der Waals surface area contributed by atoms with Gasteiger partial charge < -0.3 is 8.83 Å². The molecule has 0 fully saturated rings. The lowest BCUT2D eigenvalue weighted by Gasteiger charge is -2.01. The van der Waals surface area contributed by atoms with E-state index in [9.17, 15) is 0 Å². The fourth-order valence-corrected chi connectivity index (χ4v) is 3.60. The highest BCUT2D eigenvalue weighted by Crippen LogP contribution is 2.39. The van der Waals surface area contributed by atoms with Crippen LogP contribution in [0.25, 0.3) is 49.5 Å². The Kier molecular flexibility index (Phi) is 2.89. The number of benzene rings is 3. The van der Waals surface area contributed by atoms with E-state index in [0.29, 0.717) is 0 Å². The quantitative estimate of drug-likeness (QED) is 0.324. The van der Waals surface area contributed by atoms with Crippen molar-refractivity contribution >= 4 is 49.5 Å². The Balaban J connectivity index is 1.89. The number of rotatable bonds is 2. The molecule has 2 nitrogen and oxygen atoms in total. The number of para-hydroxylation sites is 1. The summed E-state index contributed by atoms with van der Waals surface area (Å²) < 4.78 is 12.3. The molecule has 0 bridgehead atoms. The molecule has 120 valence electrons. The molecule has 25 heavy (non-hydrogen) atoms. The van der Waals surface area contributed by atoms with Gasteiger partial charge in [0.2, 0.25) is 0 Å². The third kappa shape index (κ3) is 1.91. The molecule has 0 atom stereocenters. The van der Waals surface area contributed by atoms with Gasteiger partial charge in [-0.1, -0.05) is 43.0 Å². The summed E-state index contributed by atoms with van der Waals surface area (Å²) in [6.07, 6.45) is 3.94. The maximum Gasteiger partial charge on any atom is 0.178 e. The van der Waals surface area contributed by atoms with Gasteiger partial charge in [-0.25, -0.2) is 0 Å². The predicted octanol–water partition coefficient (Wildman–Crippen LogP) is 7.07. The van der Waals surface area contributed by atoms with Crippen LogP contribution < -0.4 is 0 Å². The lowest BCUT2D eigenvalue weighted by atomic mass is 10.0. The molecule has 0 spiro atoms. The first-order chi connectivity index (χ1) is 12.3. The molecule has 0 radical (unpaired) electrons. The molecular formula is C23H16O2. The van der Waals surface area contributed by atoms with E-state index in [1.54, 1.807) is 0 Å². The van der Waals surface area contributed by atoms with Gasteiger partial charge in [0.15, 0.2) is 11.2 Å². The smallest absolute Gasteiger partial charge is 0.178 e. The van der Waals surface area contributed by atoms with Crippen LogP contribution in [0.5, 0.6) is 0 Å². The van der Waals surface area contributed by atoms with Gasteiger partial charge in [-0.2, -0.15) is 0 Å². The number of hydrogen-bond donors (Lipinski definition) is 0. The van der Waals surface area contributed by atoms with Crippen LogP contribution in [-0.4, -0.2) is 0 Å². The Morgan fingerprint density at radius 3 is 2.20 bits per heavy atom. The second-order valence-corrected chi connectivity index (χ2v) is 6.18. The van der Waals surface area contributed by atoms with Crippen LogP contribution in [0.15, 0.2) is 82.2 Å². The third-order valence-electron chi connectivity index (χ3n) is 4.85. The van der Waals surface area contributed by atoms with Crippen molar-refractivity contribution in [3.05, 3.63) is 78.9 Å². The van der Waals surface area contributed by atoms with Crippen LogP contribution in [0.3, 0.4) is 0 Å². The van der Waals surface area contributed by atoms with Crippen LogP contribution >= 0.6 is 0 Å². The molecule has 0 saturated heterocycles. The first kappa shape index (κ1) is 14.1.